The van der Waals surface area contributed by atoms with Crippen LogP contribution in [0.5, 0.6) is 0 Å². The lowest BCUT2D eigenvalue weighted by atomic mass is 10.2. The number of ether oxygens (including phenoxy) is 1. The van der Waals surface area contributed by atoms with Gasteiger partial charge >= 0.3 is 5.97 Å². The van der Waals surface area contributed by atoms with Crippen LogP contribution in [0.3, 0.4) is 0 Å². The van der Waals surface area contributed by atoms with E-state index in [9.17, 15) is 4.79 Å². The van der Waals surface area contributed by atoms with Gasteiger partial charge in [-0.15, -0.1) is 12.7 Å². The van der Waals surface area contributed by atoms with Crippen LogP contribution in [0.25, 0.3) is 5.32 Å². The Morgan fingerprint density at radius 1 is 1.19 bits per heavy atom. The molecular weight excluding hydrogens is 202 g/mol. The predicted molar refractivity (Wildman–Crippen MR) is 66.9 cm³/mol. The Balaban J connectivity index is 0.000000281. The highest BCUT2D eigenvalue weighted by Crippen LogP contribution is 2.12. The zero-order chi connectivity index (χ0) is 12.6. The quantitative estimate of drug-likeness (QED) is 0.680. The summed E-state index contributed by atoms with van der Waals surface area (Å²) < 4.78 is 4.80. The number of carbonyl (C=O) groups excluding carboxylic acids is 1. The first-order chi connectivity index (χ1) is 7.35. The molecule has 1 aromatic carbocycles. The van der Waals surface area contributed by atoms with Gasteiger partial charge < -0.3 is 10.1 Å². The summed E-state index contributed by atoms with van der Waals surface area (Å²) in [7, 11) is 1.79. The lowest BCUT2D eigenvalue weighted by molar-refractivity contribution is -0.151. The van der Waals surface area contributed by atoms with Gasteiger partial charge in [-0.25, -0.2) is 0 Å². The van der Waals surface area contributed by atoms with Crippen molar-refractivity contribution in [1.82, 2.24) is 0 Å². The molecule has 90 valence electrons. The average molecular weight is 222 g/mol. The normalized spacial score (nSPS) is 9.81. The maximum atomic E-state index is 10.2. The molecule has 0 fully saturated rings. The van der Waals surface area contributed by atoms with Crippen LogP contribution in [0.4, 0.5) is 5.69 Å². The van der Waals surface area contributed by atoms with Crippen molar-refractivity contribution in [1.29, 1.82) is 0 Å². The number of esters is 1. The van der Waals surface area contributed by atoms with Gasteiger partial charge in [-0.2, -0.15) is 0 Å². The number of benzene rings is 1. The molecule has 0 heterocycles. The molecule has 0 unspecified atom stereocenters. The molecule has 0 bridgehead atoms. The molecule has 0 saturated heterocycles. The number of hydrogen-bond donors (Lipinski definition) is 0. The third-order valence-corrected chi connectivity index (χ3v) is 1.46. The summed E-state index contributed by atoms with van der Waals surface area (Å²) in [5.41, 5.74) is 0.707. The molecule has 0 aromatic heterocycles. The molecule has 1 rings (SSSR count). The fraction of sp³-hybridized carbons (Fsp3) is 0.462. The molecule has 0 aliphatic carbocycles. The van der Waals surface area contributed by atoms with E-state index in [1.165, 1.54) is 6.92 Å². The number of nitrogens with zero attached hydrogens (tertiary/aromatic N) is 1. The Bertz CT molecular complexity index is 301. The molecule has 0 aliphatic heterocycles. The van der Waals surface area contributed by atoms with Crippen molar-refractivity contribution < 1.29 is 9.53 Å². The minimum Gasteiger partial charge on any atom is -0.687 e. The number of para-hydroxylation sites is 1. The summed E-state index contributed by atoms with van der Waals surface area (Å²) >= 11 is 0. The van der Waals surface area contributed by atoms with Crippen molar-refractivity contribution in [2.75, 3.05) is 7.05 Å². The monoisotopic (exact) mass is 222 g/mol. The largest absolute Gasteiger partial charge is 0.687 e. The summed E-state index contributed by atoms with van der Waals surface area (Å²) in [4.78, 5) is 10.2. The second-order valence-electron chi connectivity index (χ2n) is 4.27. The van der Waals surface area contributed by atoms with E-state index in [-0.39, 0.29) is 11.6 Å². The van der Waals surface area contributed by atoms with Crippen LogP contribution in [0.1, 0.15) is 27.7 Å². The zero-order valence-electron chi connectivity index (χ0n) is 10.7. The van der Waals surface area contributed by atoms with E-state index in [4.69, 9.17) is 4.74 Å². The van der Waals surface area contributed by atoms with Crippen molar-refractivity contribution in [3.8, 4) is 0 Å². The van der Waals surface area contributed by atoms with Gasteiger partial charge in [-0.1, -0.05) is 30.3 Å². The summed E-state index contributed by atoms with van der Waals surface area (Å²) in [5.74, 6) is -0.225. The number of hydrogen-bond acceptors (Lipinski definition) is 2. The molecule has 3 heteroatoms. The summed E-state index contributed by atoms with van der Waals surface area (Å²) in [6, 6.07) is 9.87. The minimum absolute atomic E-state index is 0.225. The van der Waals surface area contributed by atoms with Crippen molar-refractivity contribution in [3.05, 3.63) is 35.6 Å². The van der Waals surface area contributed by atoms with Crippen LogP contribution < -0.4 is 0 Å². The van der Waals surface area contributed by atoms with Gasteiger partial charge in [-0.3, -0.25) is 4.79 Å². The van der Waals surface area contributed by atoms with Crippen LogP contribution in [-0.4, -0.2) is 18.6 Å². The first-order valence-corrected chi connectivity index (χ1v) is 5.19. The Morgan fingerprint density at radius 2 is 1.69 bits per heavy atom. The summed E-state index contributed by atoms with van der Waals surface area (Å²) in [6.07, 6.45) is 0. The van der Waals surface area contributed by atoms with Gasteiger partial charge in [0.15, 0.2) is 0 Å². The predicted octanol–water partition coefficient (Wildman–Crippen LogP) is 3.67. The van der Waals surface area contributed by atoms with Crippen molar-refractivity contribution in [3.63, 3.8) is 0 Å². The van der Waals surface area contributed by atoms with Gasteiger partial charge in [0, 0.05) is 6.92 Å². The van der Waals surface area contributed by atoms with Gasteiger partial charge in [0.1, 0.15) is 5.60 Å². The van der Waals surface area contributed by atoms with Gasteiger partial charge in [0.25, 0.3) is 0 Å². The van der Waals surface area contributed by atoms with E-state index >= 15 is 0 Å². The van der Waals surface area contributed by atoms with Gasteiger partial charge in [0.2, 0.25) is 0 Å². The lowest BCUT2D eigenvalue weighted by Crippen LogP contribution is -2.21. The summed E-state index contributed by atoms with van der Waals surface area (Å²) in [5, 5.41) is 3.97. The molecule has 0 amide bonds. The third kappa shape index (κ3) is 9.06. The first kappa shape index (κ1) is 14.5. The minimum atomic E-state index is -0.328. The first-order valence-electron chi connectivity index (χ1n) is 5.19. The molecule has 3 nitrogen and oxygen atoms in total. The van der Waals surface area contributed by atoms with Gasteiger partial charge in [-0.05, 0) is 20.8 Å². The summed E-state index contributed by atoms with van der Waals surface area (Å²) in [6.45, 7) is 6.93. The van der Waals surface area contributed by atoms with Crippen LogP contribution in [0.15, 0.2) is 30.3 Å². The second kappa shape index (κ2) is 6.88. The molecule has 0 atom stereocenters. The van der Waals surface area contributed by atoms with E-state index in [2.05, 4.69) is 5.32 Å². The van der Waals surface area contributed by atoms with E-state index < -0.39 is 0 Å². The topological polar surface area (TPSA) is 40.4 Å². The zero-order valence-corrected chi connectivity index (χ0v) is 10.7. The highest BCUT2D eigenvalue weighted by atomic mass is 16.6. The maximum Gasteiger partial charge on any atom is 0.303 e. The number of carbonyl (C=O) groups is 1. The number of rotatable bonds is 1. The standard InChI is InChI=1S/C7H8N.C6H12O2/c1-8-7-5-3-2-4-6-7;1-5(7)8-6(2,3)4/h2-6H,1H3;1-4H3/q-1;. The van der Waals surface area contributed by atoms with Crippen LogP contribution >= 0.6 is 0 Å². The van der Waals surface area contributed by atoms with Crippen LogP contribution in [0.2, 0.25) is 0 Å². The second-order valence-corrected chi connectivity index (χ2v) is 4.27. The molecule has 0 saturated carbocycles. The Hall–Kier alpha value is -1.51. The van der Waals surface area contributed by atoms with Crippen LogP contribution in [0, 0.1) is 0 Å². The Labute approximate surface area is 97.8 Å². The Kier molecular flexibility index (Phi) is 6.23. The molecule has 16 heavy (non-hydrogen) atoms. The lowest BCUT2D eigenvalue weighted by Gasteiger charge is -2.17. The SMILES string of the molecule is CC(=O)OC(C)(C)C.C[N-]c1ccccc1. The van der Waals surface area contributed by atoms with E-state index in [0.29, 0.717) is 0 Å². The molecule has 1 aromatic rings. The molecule has 0 aliphatic rings. The van der Waals surface area contributed by atoms with Crippen molar-refractivity contribution in [2.24, 2.45) is 0 Å². The molecule has 0 N–H and O–H groups in total. The van der Waals surface area contributed by atoms with Crippen LogP contribution in [-0.2, 0) is 9.53 Å². The highest BCUT2D eigenvalue weighted by Gasteiger charge is 2.11. The smallest absolute Gasteiger partial charge is 0.303 e. The molecule has 0 radical (unpaired) electrons. The third-order valence-electron chi connectivity index (χ3n) is 1.46. The van der Waals surface area contributed by atoms with Crippen molar-refractivity contribution >= 4 is 11.7 Å². The van der Waals surface area contributed by atoms with Crippen molar-refractivity contribution in [2.45, 2.75) is 33.3 Å². The van der Waals surface area contributed by atoms with Gasteiger partial charge in [0.05, 0.1) is 0 Å². The molecule has 0 spiro atoms. The fourth-order valence-electron chi connectivity index (χ4n) is 1.01. The molecular formula is C13H20NO2-. The van der Waals surface area contributed by atoms with E-state index in [1.54, 1.807) is 7.05 Å². The average Bonchev–Trinajstić information content (AvgIpc) is 2.16. The van der Waals surface area contributed by atoms with E-state index in [0.717, 1.165) is 5.69 Å². The highest BCUT2D eigenvalue weighted by molar-refractivity contribution is 5.66. The van der Waals surface area contributed by atoms with E-state index in [1.807, 2.05) is 51.1 Å². The fourth-order valence-corrected chi connectivity index (χ4v) is 1.01. The maximum absolute atomic E-state index is 10.2. The Morgan fingerprint density at radius 3 is 1.88 bits per heavy atom.